The van der Waals surface area contributed by atoms with Crippen LogP contribution in [0.15, 0.2) is 41.0 Å². The highest BCUT2D eigenvalue weighted by molar-refractivity contribution is 5.89. The summed E-state index contributed by atoms with van der Waals surface area (Å²) < 4.78 is 11.1. The molecule has 0 N–H and O–H groups in total. The van der Waals surface area contributed by atoms with E-state index >= 15 is 0 Å². The van der Waals surface area contributed by atoms with Gasteiger partial charge in [0, 0.05) is 10.9 Å². The van der Waals surface area contributed by atoms with Gasteiger partial charge in [-0.3, -0.25) is 4.79 Å². The third-order valence-electron chi connectivity index (χ3n) is 3.85. The van der Waals surface area contributed by atoms with Gasteiger partial charge in [0.25, 0.3) is 0 Å². The van der Waals surface area contributed by atoms with E-state index in [1.54, 1.807) is 6.26 Å². The second kappa shape index (κ2) is 5.92. The SMILES string of the molecule is Cc1cc(C)cc(OC(=O)Cc2coc3cc(C)cc(C)c23)c1. The average molecular weight is 308 g/mol. The van der Waals surface area contributed by atoms with Crippen molar-refractivity contribution in [3.8, 4) is 5.75 Å². The second-order valence-corrected chi connectivity index (χ2v) is 6.19. The largest absolute Gasteiger partial charge is 0.464 e. The van der Waals surface area contributed by atoms with Crippen LogP contribution < -0.4 is 4.74 Å². The number of benzene rings is 2. The number of hydrogen-bond donors (Lipinski definition) is 0. The fraction of sp³-hybridized carbons (Fsp3) is 0.250. The van der Waals surface area contributed by atoms with E-state index in [-0.39, 0.29) is 12.4 Å². The lowest BCUT2D eigenvalue weighted by Gasteiger charge is -2.06. The van der Waals surface area contributed by atoms with Crippen LogP contribution >= 0.6 is 0 Å². The van der Waals surface area contributed by atoms with Gasteiger partial charge >= 0.3 is 5.97 Å². The summed E-state index contributed by atoms with van der Waals surface area (Å²) in [5.74, 6) is 0.311. The summed E-state index contributed by atoms with van der Waals surface area (Å²) in [6.07, 6.45) is 1.85. The zero-order valence-corrected chi connectivity index (χ0v) is 13.9. The molecule has 0 saturated heterocycles. The predicted octanol–water partition coefficient (Wildman–Crippen LogP) is 4.81. The molecule has 2 aromatic carbocycles. The Morgan fingerprint density at radius 1 is 0.957 bits per heavy atom. The predicted molar refractivity (Wildman–Crippen MR) is 90.9 cm³/mol. The normalized spacial score (nSPS) is 11.0. The van der Waals surface area contributed by atoms with Crippen molar-refractivity contribution in [3.63, 3.8) is 0 Å². The van der Waals surface area contributed by atoms with Gasteiger partial charge in [0.15, 0.2) is 0 Å². The molecule has 3 heteroatoms. The monoisotopic (exact) mass is 308 g/mol. The molecule has 0 aliphatic rings. The first-order chi connectivity index (χ1) is 10.9. The van der Waals surface area contributed by atoms with E-state index in [0.29, 0.717) is 5.75 Å². The Labute approximate surface area is 135 Å². The lowest BCUT2D eigenvalue weighted by molar-refractivity contribution is -0.133. The van der Waals surface area contributed by atoms with Gasteiger partial charge in [-0.2, -0.15) is 0 Å². The Kier molecular flexibility index (Phi) is 3.95. The summed E-state index contributed by atoms with van der Waals surface area (Å²) in [7, 11) is 0. The fourth-order valence-corrected chi connectivity index (χ4v) is 3.07. The number of carbonyl (C=O) groups excluding carboxylic acids is 1. The topological polar surface area (TPSA) is 39.4 Å². The van der Waals surface area contributed by atoms with Crippen molar-refractivity contribution in [1.82, 2.24) is 0 Å². The second-order valence-electron chi connectivity index (χ2n) is 6.19. The molecule has 0 bridgehead atoms. The molecule has 0 atom stereocenters. The van der Waals surface area contributed by atoms with Crippen LogP contribution in [0.3, 0.4) is 0 Å². The quantitative estimate of drug-likeness (QED) is 0.514. The van der Waals surface area contributed by atoms with Gasteiger partial charge in [0.2, 0.25) is 0 Å². The minimum Gasteiger partial charge on any atom is -0.464 e. The van der Waals surface area contributed by atoms with Crippen molar-refractivity contribution in [1.29, 1.82) is 0 Å². The van der Waals surface area contributed by atoms with Gasteiger partial charge < -0.3 is 9.15 Å². The van der Waals surface area contributed by atoms with E-state index in [2.05, 4.69) is 6.07 Å². The Bertz CT molecular complexity index is 867. The van der Waals surface area contributed by atoms with Crippen molar-refractivity contribution in [2.24, 2.45) is 0 Å². The molecule has 0 spiro atoms. The van der Waals surface area contributed by atoms with Crippen LogP contribution in [0.1, 0.15) is 27.8 Å². The molecule has 0 aliphatic carbocycles. The summed E-state index contributed by atoms with van der Waals surface area (Å²) in [5.41, 5.74) is 6.10. The van der Waals surface area contributed by atoms with Crippen LogP contribution in [0.4, 0.5) is 0 Å². The van der Waals surface area contributed by atoms with Crippen molar-refractivity contribution in [2.75, 3.05) is 0 Å². The molecule has 3 nitrogen and oxygen atoms in total. The van der Waals surface area contributed by atoms with Crippen LogP contribution in [-0.4, -0.2) is 5.97 Å². The highest BCUT2D eigenvalue weighted by Gasteiger charge is 2.14. The molecule has 0 unspecified atom stereocenters. The molecular formula is C20H20O3. The number of rotatable bonds is 3. The minimum atomic E-state index is -0.280. The molecule has 1 heterocycles. The van der Waals surface area contributed by atoms with Gasteiger partial charge in [-0.25, -0.2) is 0 Å². The van der Waals surface area contributed by atoms with Crippen molar-refractivity contribution in [2.45, 2.75) is 34.1 Å². The standard InChI is InChI=1S/C20H20O3/c1-12-5-13(2)8-17(7-12)23-19(21)10-16-11-22-18-9-14(3)6-15(4)20(16)18/h5-9,11H,10H2,1-4H3. The first kappa shape index (κ1) is 15.3. The van der Waals surface area contributed by atoms with E-state index < -0.39 is 0 Å². The lowest BCUT2D eigenvalue weighted by atomic mass is 10.0. The van der Waals surface area contributed by atoms with E-state index in [4.69, 9.17) is 9.15 Å². The summed E-state index contributed by atoms with van der Waals surface area (Å²) in [4.78, 5) is 12.3. The fourth-order valence-electron chi connectivity index (χ4n) is 3.07. The number of ether oxygens (including phenoxy) is 1. The Balaban J connectivity index is 1.83. The highest BCUT2D eigenvalue weighted by Crippen LogP contribution is 2.27. The first-order valence-corrected chi connectivity index (χ1v) is 7.68. The molecule has 3 rings (SSSR count). The average Bonchev–Trinajstić information content (AvgIpc) is 2.80. The van der Waals surface area contributed by atoms with E-state index in [0.717, 1.165) is 38.8 Å². The lowest BCUT2D eigenvalue weighted by Crippen LogP contribution is -2.11. The molecule has 1 aromatic heterocycles. The van der Waals surface area contributed by atoms with Gasteiger partial charge in [-0.1, -0.05) is 12.1 Å². The van der Waals surface area contributed by atoms with E-state index in [1.165, 1.54) is 0 Å². The van der Waals surface area contributed by atoms with E-state index in [9.17, 15) is 4.79 Å². The summed E-state index contributed by atoms with van der Waals surface area (Å²) in [6.45, 7) is 8.03. The smallest absolute Gasteiger partial charge is 0.315 e. The first-order valence-electron chi connectivity index (χ1n) is 7.68. The molecule has 3 aromatic rings. The zero-order valence-electron chi connectivity index (χ0n) is 13.9. The molecule has 0 aliphatic heterocycles. The van der Waals surface area contributed by atoms with Crippen LogP contribution in [-0.2, 0) is 11.2 Å². The van der Waals surface area contributed by atoms with Crippen LogP contribution in [0, 0.1) is 27.7 Å². The molecule has 23 heavy (non-hydrogen) atoms. The Morgan fingerprint density at radius 2 is 1.61 bits per heavy atom. The number of carbonyl (C=O) groups is 1. The van der Waals surface area contributed by atoms with Gasteiger partial charge in [-0.05, 0) is 68.1 Å². The number of aryl methyl sites for hydroxylation is 4. The Hall–Kier alpha value is -2.55. The maximum atomic E-state index is 12.3. The number of furan rings is 1. The number of hydrogen-bond acceptors (Lipinski definition) is 3. The van der Waals surface area contributed by atoms with Crippen LogP contribution in [0.25, 0.3) is 11.0 Å². The van der Waals surface area contributed by atoms with Crippen LogP contribution in [0.2, 0.25) is 0 Å². The molecular weight excluding hydrogens is 288 g/mol. The van der Waals surface area contributed by atoms with Crippen molar-refractivity contribution in [3.05, 3.63) is 64.4 Å². The van der Waals surface area contributed by atoms with Crippen molar-refractivity contribution < 1.29 is 13.9 Å². The Morgan fingerprint density at radius 3 is 2.30 bits per heavy atom. The minimum absolute atomic E-state index is 0.198. The number of esters is 1. The number of fused-ring (bicyclic) bond motifs is 1. The maximum absolute atomic E-state index is 12.3. The maximum Gasteiger partial charge on any atom is 0.315 e. The molecule has 118 valence electrons. The van der Waals surface area contributed by atoms with E-state index in [1.807, 2.05) is 52.0 Å². The molecule has 0 saturated carbocycles. The highest BCUT2D eigenvalue weighted by atomic mass is 16.5. The molecule has 0 radical (unpaired) electrons. The third kappa shape index (κ3) is 3.29. The van der Waals surface area contributed by atoms with Gasteiger partial charge in [0.05, 0.1) is 12.7 Å². The summed E-state index contributed by atoms with van der Waals surface area (Å²) in [5, 5.41) is 1.01. The van der Waals surface area contributed by atoms with Crippen LogP contribution in [0.5, 0.6) is 5.75 Å². The summed E-state index contributed by atoms with van der Waals surface area (Å²) in [6, 6.07) is 9.87. The summed E-state index contributed by atoms with van der Waals surface area (Å²) >= 11 is 0. The van der Waals surface area contributed by atoms with Gasteiger partial charge in [-0.15, -0.1) is 0 Å². The zero-order chi connectivity index (χ0) is 16.6. The van der Waals surface area contributed by atoms with Crippen molar-refractivity contribution >= 4 is 16.9 Å². The van der Waals surface area contributed by atoms with Gasteiger partial charge in [0.1, 0.15) is 11.3 Å². The third-order valence-corrected chi connectivity index (χ3v) is 3.85. The molecule has 0 fully saturated rings. The molecule has 0 amide bonds.